The third-order valence-corrected chi connectivity index (χ3v) is 4.20. The van der Waals surface area contributed by atoms with E-state index < -0.39 is 11.5 Å². The van der Waals surface area contributed by atoms with Gasteiger partial charge in [-0.1, -0.05) is 19.8 Å². The largest absolute Gasteiger partial charge is 0.481 e. The number of carbonyl (C=O) groups is 2. The van der Waals surface area contributed by atoms with Crippen LogP contribution in [0.15, 0.2) is 0 Å². The van der Waals surface area contributed by atoms with E-state index >= 15 is 0 Å². The summed E-state index contributed by atoms with van der Waals surface area (Å²) in [5.41, 5.74) is -0.476. The van der Waals surface area contributed by atoms with E-state index in [1.54, 1.807) is 11.8 Å². The summed E-state index contributed by atoms with van der Waals surface area (Å²) in [6.45, 7) is 2.08. The van der Waals surface area contributed by atoms with Gasteiger partial charge in [-0.25, -0.2) is 0 Å². The maximum absolute atomic E-state index is 11.7. The maximum atomic E-state index is 11.7. The summed E-state index contributed by atoms with van der Waals surface area (Å²) in [6, 6.07) is 0. The minimum absolute atomic E-state index is 0.0217. The Kier molecular flexibility index (Phi) is 5.82. The number of thioether (sulfide) groups is 1. The molecule has 0 aromatic carbocycles. The number of amides is 1. The first kappa shape index (κ1) is 14.4. The van der Waals surface area contributed by atoms with Gasteiger partial charge in [-0.2, -0.15) is 11.8 Å². The zero-order valence-corrected chi connectivity index (χ0v) is 11.1. The zero-order chi connectivity index (χ0) is 12.7. The van der Waals surface area contributed by atoms with Crippen molar-refractivity contribution in [2.75, 3.05) is 11.5 Å². The number of hydrogen-bond donors (Lipinski definition) is 2. The highest BCUT2D eigenvalue weighted by atomic mass is 32.2. The lowest BCUT2D eigenvalue weighted by atomic mass is 9.93. The SMILES string of the molecule is CCCSCC(=O)NC1(CC(=O)O)CCCC1. The molecule has 0 heterocycles. The van der Waals surface area contributed by atoms with Crippen LogP contribution in [0.1, 0.15) is 45.4 Å². The van der Waals surface area contributed by atoms with Gasteiger partial charge in [0.05, 0.1) is 17.7 Å². The van der Waals surface area contributed by atoms with Crippen molar-refractivity contribution in [3.8, 4) is 0 Å². The summed E-state index contributed by atoms with van der Waals surface area (Å²) in [4.78, 5) is 22.6. The Bertz CT molecular complexity index is 275. The number of carboxylic acid groups (broad SMARTS) is 1. The van der Waals surface area contributed by atoms with Gasteiger partial charge in [0.15, 0.2) is 0 Å². The molecule has 98 valence electrons. The minimum Gasteiger partial charge on any atom is -0.481 e. The van der Waals surface area contributed by atoms with Crippen LogP contribution in [-0.4, -0.2) is 34.0 Å². The fraction of sp³-hybridized carbons (Fsp3) is 0.833. The molecule has 0 radical (unpaired) electrons. The zero-order valence-electron chi connectivity index (χ0n) is 10.3. The minimum atomic E-state index is -0.826. The lowest BCUT2D eigenvalue weighted by Crippen LogP contribution is -2.48. The first-order valence-electron chi connectivity index (χ1n) is 6.18. The molecular weight excluding hydrogens is 238 g/mol. The van der Waals surface area contributed by atoms with Gasteiger partial charge in [0.2, 0.25) is 5.91 Å². The van der Waals surface area contributed by atoms with Gasteiger partial charge in [-0.3, -0.25) is 9.59 Å². The van der Waals surface area contributed by atoms with E-state index in [1.165, 1.54) is 0 Å². The van der Waals surface area contributed by atoms with Crippen LogP contribution in [0.4, 0.5) is 0 Å². The van der Waals surface area contributed by atoms with Gasteiger partial charge in [0, 0.05) is 0 Å². The quantitative estimate of drug-likeness (QED) is 0.687. The van der Waals surface area contributed by atoms with Gasteiger partial charge < -0.3 is 10.4 Å². The third-order valence-electron chi connectivity index (χ3n) is 3.04. The molecule has 0 unspecified atom stereocenters. The van der Waals surface area contributed by atoms with Crippen LogP contribution >= 0.6 is 11.8 Å². The van der Waals surface area contributed by atoms with E-state index in [0.717, 1.165) is 37.9 Å². The summed E-state index contributed by atoms with van der Waals surface area (Å²) >= 11 is 1.60. The molecule has 1 rings (SSSR count). The van der Waals surface area contributed by atoms with E-state index in [9.17, 15) is 9.59 Å². The van der Waals surface area contributed by atoms with Crippen LogP contribution < -0.4 is 5.32 Å². The summed E-state index contributed by atoms with van der Waals surface area (Å²) < 4.78 is 0. The van der Waals surface area contributed by atoms with Crippen molar-refractivity contribution in [1.29, 1.82) is 0 Å². The standard InChI is InChI=1S/C12H21NO3S/c1-2-7-17-9-10(14)13-12(8-11(15)16)5-3-4-6-12/h2-9H2,1H3,(H,13,14)(H,15,16). The molecule has 0 aromatic heterocycles. The fourth-order valence-corrected chi connectivity index (χ4v) is 3.02. The highest BCUT2D eigenvalue weighted by Gasteiger charge is 2.37. The summed E-state index contributed by atoms with van der Waals surface area (Å²) in [5, 5.41) is 11.9. The highest BCUT2D eigenvalue weighted by molar-refractivity contribution is 7.99. The van der Waals surface area contributed by atoms with Crippen molar-refractivity contribution in [2.24, 2.45) is 0 Å². The molecule has 0 saturated heterocycles. The molecule has 0 atom stereocenters. The van der Waals surface area contributed by atoms with Crippen molar-refractivity contribution in [2.45, 2.75) is 51.0 Å². The second kappa shape index (κ2) is 6.89. The number of carboxylic acids is 1. The van der Waals surface area contributed by atoms with Crippen LogP contribution in [0.5, 0.6) is 0 Å². The predicted molar refractivity (Wildman–Crippen MR) is 69.2 cm³/mol. The topological polar surface area (TPSA) is 66.4 Å². The third kappa shape index (κ3) is 4.98. The van der Waals surface area contributed by atoms with Crippen LogP contribution in [0, 0.1) is 0 Å². The van der Waals surface area contributed by atoms with E-state index in [2.05, 4.69) is 12.2 Å². The number of aliphatic carboxylic acids is 1. The van der Waals surface area contributed by atoms with Crippen LogP contribution in [0.25, 0.3) is 0 Å². The van der Waals surface area contributed by atoms with Crippen molar-refractivity contribution < 1.29 is 14.7 Å². The molecule has 1 amide bonds. The van der Waals surface area contributed by atoms with E-state index in [-0.39, 0.29) is 12.3 Å². The molecule has 17 heavy (non-hydrogen) atoms. The van der Waals surface area contributed by atoms with Gasteiger partial charge in [-0.05, 0) is 25.0 Å². The van der Waals surface area contributed by atoms with Gasteiger partial charge in [0.1, 0.15) is 0 Å². The lowest BCUT2D eigenvalue weighted by Gasteiger charge is -2.28. The molecule has 0 aliphatic heterocycles. The van der Waals surface area contributed by atoms with E-state index in [4.69, 9.17) is 5.11 Å². The average molecular weight is 259 g/mol. The van der Waals surface area contributed by atoms with Crippen LogP contribution in [-0.2, 0) is 9.59 Å². The second-order valence-electron chi connectivity index (χ2n) is 4.66. The predicted octanol–water partition coefficient (Wildman–Crippen LogP) is 2.03. The molecule has 2 N–H and O–H groups in total. The Balaban J connectivity index is 2.43. The lowest BCUT2D eigenvalue weighted by molar-refractivity contribution is -0.139. The van der Waals surface area contributed by atoms with Crippen molar-refractivity contribution >= 4 is 23.6 Å². The second-order valence-corrected chi connectivity index (χ2v) is 5.76. The maximum Gasteiger partial charge on any atom is 0.305 e. The summed E-state index contributed by atoms with van der Waals surface area (Å²) in [6.07, 6.45) is 4.72. The van der Waals surface area contributed by atoms with Crippen molar-refractivity contribution in [3.63, 3.8) is 0 Å². The Morgan fingerprint density at radius 2 is 2.00 bits per heavy atom. The Hall–Kier alpha value is -0.710. The molecule has 1 aliphatic carbocycles. The molecule has 0 bridgehead atoms. The van der Waals surface area contributed by atoms with Crippen LogP contribution in [0.3, 0.4) is 0 Å². The summed E-state index contributed by atoms with van der Waals surface area (Å²) in [5.74, 6) is 0.564. The monoisotopic (exact) mass is 259 g/mol. The fourth-order valence-electron chi connectivity index (χ4n) is 2.33. The summed E-state index contributed by atoms with van der Waals surface area (Å²) in [7, 11) is 0. The Morgan fingerprint density at radius 1 is 1.35 bits per heavy atom. The van der Waals surface area contributed by atoms with Gasteiger partial charge in [0.25, 0.3) is 0 Å². The number of carbonyl (C=O) groups excluding carboxylic acids is 1. The molecule has 1 saturated carbocycles. The van der Waals surface area contributed by atoms with Gasteiger partial charge >= 0.3 is 5.97 Å². The van der Waals surface area contributed by atoms with Crippen molar-refractivity contribution in [1.82, 2.24) is 5.32 Å². The van der Waals surface area contributed by atoms with E-state index in [0.29, 0.717) is 5.75 Å². The van der Waals surface area contributed by atoms with Crippen LogP contribution in [0.2, 0.25) is 0 Å². The molecular formula is C12H21NO3S. The normalized spacial score (nSPS) is 17.9. The van der Waals surface area contributed by atoms with Gasteiger partial charge in [-0.15, -0.1) is 0 Å². The molecule has 5 heteroatoms. The highest BCUT2D eigenvalue weighted by Crippen LogP contribution is 2.32. The smallest absolute Gasteiger partial charge is 0.305 e. The molecule has 1 aliphatic rings. The number of hydrogen-bond acceptors (Lipinski definition) is 3. The number of rotatable bonds is 7. The van der Waals surface area contributed by atoms with E-state index in [1.807, 2.05) is 0 Å². The Morgan fingerprint density at radius 3 is 2.53 bits per heavy atom. The molecule has 0 aromatic rings. The molecule has 0 spiro atoms. The molecule has 1 fully saturated rings. The number of nitrogens with one attached hydrogen (secondary N) is 1. The van der Waals surface area contributed by atoms with Crippen molar-refractivity contribution in [3.05, 3.63) is 0 Å². The first-order chi connectivity index (χ1) is 8.08. The first-order valence-corrected chi connectivity index (χ1v) is 7.34. The Labute approximate surface area is 107 Å². The molecule has 4 nitrogen and oxygen atoms in total. The average Bonchev–Trinajstić information content (AvgIpc) is 2.65.